The van der Waals surface area contributed by atoms with E-state index in [4.69, 9.17) is 15.9 Å². The molecule has 1 fully saturated rings. The van der Waals surface area contributed by atoms with Crippen LogP contribution >= 0.6 is 0 Å². The molecule has 0 N–H and O–H groups in total. The molecule has 0 unspecified atom stereocenters. The standard InChI is InChI=1S/C13H18N2O2/c1-2-6-16-9-5-15-10-13(14-11-15)12-3-7-17-8-4-12/h1,10-12H,3-9H2. The maximum Gasteiger partial charge on any atom is 0.107 e. The van der Waals surface area contributed by atoms with Gasteiger partial charge in [-0.15, -0.1) is 6.42 Å². The minimum Gasteiger partial charge on any atom is -0.381 e. The van der Waals surface area contributed by atoms with Crippen LogP contribution in [0.3, 0.4) is 0 Å². The molecule has 0 aromatic carbocycles. The predicted molar refractivity (Wildman–Crippen MR) is 64.7 cm³/mol. The fourth-order valence-corrected chi connectivity index (χ4v) is 2.00. The van der Waals surface area contributed by atoms with Crippen LogP contribution in [0, 0.1) is 12.3 Å². The molecule has 2 heterocycles. The van der Waals surface area contributed by atoms with E-state index in [1.165, 1.54) is 5.69 Å². The Bertz CT molecular complexity index is 375. The minimum absolute atomic E-state index is 0.377. The largest absolute Gasteiger partial charge is 0.381 e. The molecule has 1 aromatic heterocycles. The number of ether oxygens (including phenoxy) is 2. The van der Waals surface area contributed by atoms with E-state index in [9.17, 15) is 0 Å². The number of nitrogens with zero attached hydrogens (tertiary/aromatic N) is 2. The van der Waals surface area contributed by atoms with Crippen molar-refractivity contribution in [2.45, 2.75) is 25.3 Å². The molecule has 1 aliphatic rings. The molecular formula is C13H18N2O2. The number of aromatic nitrogens is 2. The molecule has 1 aromatic rings. The lowest BCUT2D eigenvalue weighted by atomic mass is 9.97. The fraction of sp³-hybridized carbons (Fsp3) is 0.615. The quantitative estimate of drug-likeness (QED) is 0.571. The highest BCUT2D eigenvalue weighted by molar-refractivity contribution is 5.05. The van der Waals surface area contributed by atoms with Crippen LogP contribution in [0.2, 0.25) is 0 Å². The van der Waals surface area contributed by atoms with Gasteiger partial charge >= 0.3 is 0 Å². The van der Waals surface area contributed by atoms with Crippen molar-refractivity contribution in [2.24, 2.45) is 0 Å². The number of imidazole rings is 1. The number of rotatable bonds is 5. The zero-order valence-corrected chi connectivity index (χ0v) is 9.97. The van der Waals surface area contributed by atoms with Crippen LogP contribution in [0.1, 0.15) is 24.5 Å². The van der Waals surface area contributed by atoms with Crippen LogP contribution < -0.4 is 0 Å². The van der Waals surface area contributed by atoms with Crippen molar-refractivity contribution >= 4 is 0 Å². The SMILES string of the molecule is C#CCOCCn1cnc(C2CCOCC2)c1. The molecule has 4 nitrogen and oxygen atoms in total. The van der Waals surface area contributed by atoms with Crippen LogP contribution in [0.4, 0.5) is 0 Å². The normalized spacial score (nSPS) is 16.9. The summed E-state index contributed by atoms with van der Waals surface area (Å²) in [6.07, 6.45) is 11.2. The lowest BCUT2D eigenvalue weighted by Crippen LogP contribution is -2.14. The Morgan fingerprint density at radius 2 is 2.35 bits per heavy atom. The van der Waals surface area contributed by atoms with Gasteiger partial charge in [-0.05, 0) is 12.8 Å². The van der Waals surface area contributed by atoms with E-state index in [1.54, 1.807) is 0 Å². The summed E-state index contributed by atoms with van der Waals surface area (Å²) in [6, 6.07) is 0. The van der Waals surface area contributed by atoms with Crippen molar-refractivity contribution in [2.75, 3.05) is 26.4 Å². The van der Waals surface area contributed by atoms with E-state index >= 15 is 0 Å². The summed E-state index contributed by atoms with van der Waals surface area (Å²) in [5, 5.41) is 0. The Hall–Kier alpha value is -1.31. The molecule has 17 heavy (non-hydrogen) atoms. The minimum atomic E-state index is 0.377. The zero-order valence-electron chi connectivity index (χ0n) is 9.97. The molecule has 4 heteroatoms. The summed E-state index contributed by atoms with van der Waals surface area (Å²) in [4.78, 5) is 4.45. The van der Waals surface area contributed by atoms with E-state index in [2.05, 4.69) is 21.7 Å². The molecule has 0 saturated carbocycles. The van der Waals surface area contributed by atoms with Gasteiger partial charge in [-0.1, -0.05) is 5.92 Å². The van der Waals surface area contributed by atoms with Crippen LogP contribution in [0.25, 0.3) is 0 Å². The van der Waals surface area contributed by atoms with Gasteiger partial charge in [0, 0.05) is 31.9 Å². The van der Waals surface area contributed by atoms with Gasteiger partial charge in [0.15, 0.2) is 0 Å². The van der Waals surface area contributed by atoms with E-state index in [-0.39, 0.29) is 0 Å². The highest BCUT2D eigenvalue weighted by atomic mass is 16.5. The Morgan fingerprint density at radius 1 is 1.53 bits per heavy atom. The van der Waals surface area contributed by atoms with Crippen LogP contribution in [-0.4, -0.2) is 36.0 Å². The van der Waals surface area contributed by atoms with E-state index in [0.29, 0.717) is 19.1 Å². The van der Waals surface area contributed by atoms with E-state index < -0.39 is 0 Å². The second-order valence-electron chi connectivity index (χ2n) is 4.18. The number of hydrogen-bond acceptors (Lipinski definition) is 3. The van der Waals surface area contributed by atoms with Crippen LogP contribution in [0.15, 0.2) is 12.5 Å². The smallest absolute Gasteiger partial charge is 0.107 e. The van der Waals surface area contributed by atoms with Gasteiger partial charge in [-0.2, -0.15) is 0 Å². The van der Waals surface area contributed by atoms with Crippen molar-refractivity contribution in [3.63, 3.8) is 0 Å². The first kappa shape index (κ1) is 12.2. The molecule has 0 atom stereocenters. The third-order valence-electron chi connectivity index (χ3n) is 2.97. The Labute approximate surface area is 102 Å². The molecule has 0 bridgehead atoms. The summed E-state index contributed by atoms with van der Waals surface area (Å²) in [5.41, 5.74) is 1.17. The molecule has 1 saturated heterocycles. The monoisotopic (exact) mass is 234 g/mol. The lowest BCUT2D eigenvalue weighted by molar-refractivity contribution is 0.0845. The zero-order chi connectivity index (χ0) is 11.9. The second kappa shape index (κ2) is 6.43. The summed E-state index contributed by atoms with van der Waals surface area (Å²) in [7, 11) is 0. The van der Waals surface area contributed by atoms with Crippen molar-refractivity contribution < 1.29 is 9.47 Å². The number of terminal acetylenes is 1. The van der Waals surface area contributed by atoms with Gasteiger partial charge in [0.25, 0.3) is 0 Å². The first-order chi connectivity index (χ1) is 8.40. The summed E-state index contributed by atoms with van der Waals surface area (Å²) in [6.45, 7) is 3.51. The van der Waals surface area contributed by atoms with Gasteiger partial charge < -0.3 is 14.0 Å². The Balaban J connectivity index is 1.81. The van der Waals surface area contributed by atoms with Crippen LogP contribution in [0.5, 0.6) is 0 Å². The summed E-state index contributed by atoms with van der Waals surface area (Å²) >= 11 is 0. The predicted octanol–water partition coefficient (Wildman–Crippen LogP) is 1.43. The van der Waals surface area contributed by atoms with Crippen LogP contribution in [-0.2, 0) is 16.0 Å². The Kier molecular flexibility index (Phi) is 4.60. The van der Waals surface area contributed by atoms with Gasteiger partial charge in [-0.3, -0.25) is 0 Å². The molecule has 0 amide bonds. The van der Waals surface area contributed by atoms with Gasteiger partial charge in [0.2, 0.25) is 0 Å². The lowest BCUT2D eigenvalue weighted by Gasteiger charge is -2.19. The van der Waals surface area contributed by atoms with Crippen molar-refractivity contribution in [3.8, 4) is 12.3 Å². The molecular weight excluding hydrogens is 216 g/mol. The van der Waals surface area contributed by atoms with E-state index in [1.807, 2.05) is 6.33 Å². The maximum atomic E-state index is 5.35. The summed E-state index contributed by atoms with van der Waals surface area (Å²) in [5.74, 6) is 3.00. The fourth-order valence-electron chi connectivity index (χ4n) is 2.00. The molecule has 0 radical (unpaired) electrons. The average molecular weight is 234 g/mol. The maximum absolute atomic E-state index is 5.35. The topological polar surface area (TPSA) is 36.3 Å². The highest BCUT2D eigenvalue weighted by Gasteiger charge is 2.17. The van der Waals surface area contributed by atoms with Crippen molar-refractivity contribution in [1.29, 1.82) is 0 Å². The van der Waals surface area contributed by atoms with E-state index in [0.717, 1.165) is 32.6 Å². The van der Waals surface area contributed by atoms with Gasteiger partial charge in [0.1, 0.15) is 6.61 Å². The molecule has 2 rings (SSSR count). The molecule has 0 spiro atoms. The second-order valence-corrected chi connectivity index (χ2v) is 4.18. The first-order valence-corrected chi connectivity index (χ1v) is 6.01. The third-order valence-corrected chi connectivity index (χ3v) is 2.97. The molecule has 0 aliphatic carbocycles. The van der Waals surface area contributed by atoms with Crippen molar-refractivity contribution in [1.82, 2.24) is 9.55 Å². The number of hydrogen-bond donors (Lipinski definition) is 0. The van der Waals surface area contributed by atoms with Crippen molar-refractivity contribution in [3.05, 3.63) is 18.2 Å². The summed E-state index contributed by atoms with van der Waals surface area (Å²) < 4.78 is 12.6. The van der Waals surface area contributed by atoms with Gasteiger partial charge in [0.05, 0.1) is 18.6 Å². The highest BCUT2D eigenvalue weighted by Crippen LogP contribution is 2.24. The molecule has 92 valence electrons. The third kappa shape index (κ3) is 3.58. The average Bonchev–Trinajstić information content (AvgIpc) is 2.85. The Morgan fingerprint density at radius 3 is 3.12 bits per heavy atom. The first-order valence-electron chi connectivity index (χ1n) is 6.01. The van der Waals surface area contributed by atoms with Gasteiger partial charge in [-0.25, -0.2) is 4.98 Å². The molecule has 1 aliphatic heterocycles.